The molecule has 0 aliphatic carbocycles. The predicted molar refractivity (Wildman–Crippen MR) is 68.7 cm³/mol. The molecule has 0 saturated carbocycles. The van der Waals surface area contributed by atoms with Crippen LogP contribution >= 0.6 is 0 Å². The van der Waals surface area contributed by atoms with Crippen molar-refractivity contribution in [2.24, 2.45) is 5.73 Å². The lowest BCUT2D eigenvalue weighted by atomic mass is 9.98. The smallest absolute Gasteiger partial charge is 0.257 e. The van der Waals surface area contributed by atoms with Crippen molar-refractivity contribution in [2.75, 3.05) is 13.1 Å². The summed E-state index contributed by atoms with van der Waals surface area (Å²) in [7, 11) is 0. The van der Waals surface area contributed by atoms with E-state index >= 15 is 0 Å². The van der Waals surface area contributed by atoms with Crippen LogP contribution in [0.5, 0.6) is 0 Å². The normalized spacial score (nSPS) is 19.2. The van der Waals surface area contributed by atoms with Crippen LogP contribution in [0.25, 0.3) is 0 Å². The number of piperidine rings is 1. The van der Waals surface area contributed by atoms with Crippen molar-refractivity contribution in [1.29, 1.82) is 0 Å². The maximum absolute atomic E-state index is 13.7. The van der Waals surface area contributed by atoms with Gasteiger partial charge in [0.15, 0.2) is 17.5 Å². The Morgan fingerprint density at radius 3 is 2.70 bits per heavy atom. The van der Waals surface area contributed by atoms with Gasteiger partial charge in [-0.3, -0.25) is 4.79 Å². The summed E-state index contributed by atoms with van der Waals surface area (Å²) in [6, 6.07) is 1.70. The Hall–Kier alpha value is -1.56. The van der Waals surface area contributed by atoms with Gasteiger partial charge in [-0.15, -0.1) is 0 Å². The molecule has 3 nitrogen and oxygen atoms in total. The first-order valence-corrected chi connectivity index (χ1v) is 6.70. The number of hydrogen-bond acceptors (Lipinski definition) is 2. The van der Waals surface area contributed by atoms with E-state index in [1.807, 2.05) is 0 Å². The van der Waals surface area contributed by atoms with Crippen LogP contribution in [0.15, 0.2) is 12.1 Å². The topological polar surface area (TPSA) is 46.3 Å². The average molecular weight is 286 g/mol. The van der Waals surface area contributed by atoms with Crippen LogP contribution in [0.1, 0.15) is 36.0 Å². The van der Waals surface area contributed by atoms with Crippen LogP contribution in [0.3, 0.4) is 0 Å². The van der Waals surface area contributed by atoms with Crippen molar-refractivity contribution in [1.82, 2.24) is 4.90 Å². The number of halogens is 3. The van der Waals surface area contributed by atoms with E-state index in [1.54, 1.807) is 0 Å². The summed E-state index contributed by atoms with van der Waals surface area (Å²) in [5.41, 5.74) is 5.09. The molecule has 2 N–H and O–H groups in total. The fourth-order valence-corrected chi connectivity index (χ4v) is 2.61. The second-order valence-electron chi connectivity index (χ2n) is 4.95. The highest BCUT2D eigenvalue weighted by Crippen LogP contribution is 2.24. The molecule has 1 aromatic carbocycles. The number of carbonyl (C=O) groups excluding carboxylic acids is 1. The molecule has 1 aliphatic heterocycles. The molecular weight excluding hydrogens is 269 g/mol. The lowest BCUT2D eigenvalue weighted by Gasteiger charge is -2.35. The third kappa shape index (κ3) is 2.80. The fourth-order valence-electron chi connectivity index (χ4n) is 2.61. The number of benzene rings is 1. The van der Waals surface area contributed by atoms with Crippen molar-refractivity contribution in [3.63, 3.8) is 0 Å². The van der Waals surface area contributed by atoms with Crippen LogP contribution in [0, 0.1) is 17.5 Å². The highest BCUT2D eigenvalue weighted by molar-refractivity contribution is 5.94. The maximum Gasteiger partial charge on any atom is 0.257 e. The summed E-state index contributed by atoms with van der Waals surface area (Å²) < 4.78 is 39.8. The van der Waals surface area contributed by atoms with Crippen molar-refractivity contribution in [3.05, 3.63) is 35.1 Å². The van der Waals surface area contributed by atoms with E-state index in [-0.39, 0.29) is 6.04 Å². The van der Waals surface area contributed by atoms with Gasteiger partial charge in [-0.05, 0) is 44.4 Å². The van der Waals surface area contributed by atoms with Crippen LogP contribution in [0.4, 0.5) is 13.2 Å². The van der Waals surface area contributed by atoms with Gasteiger partial charge in [0.05, 0.1) is 5.56 Å². The Labute approximate surface area is 115 Å². The third-order valence-electron chi connectivity index (χ3n) is 3.65. The second-order valence-corrected chi connectivity index (χ2v) is 4.95. The number of carbonyl (C=O) groups is 1. The largest absolute Gasteiger partial charge is 0.336 e. The standard InChI is InChI=1S/C14H17F3N2O/c15-11-5-4-10(12(16)13(11)17)14(20)19-8-2-1-3-9(19)6-7-18/h4-5,9H,1-3,6-8,18H2. The van der Waals surface area contributed by atoms with Gasteiger partial charge in [0, 0.05) is 12.6 Å². The van der Waals surface area contributed by atoms with E-state index in [1.165, 1.54) is 4.90 Å². The zero-order valence-corrected chi connectivity index (χ0v) is 11.0. The Balaban J connectivity index is 2.27. The van der Waals surface area contributed by atoms with Gasteiger partial charge in [-0.1, -0.05) is 0 Å². The average Bonchev–Trinajstić information content (AvgIpc) is 2.45. The molecule has 6 heteroatoms. The first kappa shape index (κ1) is 14.8. The van der Waals surface area contributed by atoms with Gasteiger partial charge in [0.25, 0.3) is 5.91 Å². The molecule has 1 atom stereocenters. The molecule has 0 radical (unpaired) electrons. The number of rotatable bonds is 3. The molecule has 1 fully saturated rings. The highest BCUT2D eigenvalue weighted by Gasteiger charge is 2.29. The predicted octanol–water partition coefficient (Wildman–Crippen LogP) is 2.45. The molecule has 1 unspecified atom stereocenters. The number of amides is 1. The summed E-state index contributed by atoms with van der Waals surface area (Å²) in [5, 5.41) is 0. The van der Waals surface area contributed by atoms with Crippen LogP contribution in [-0.2, 0) is 0 Å². The minimum atomic E-state index is -1.61. The molecule has 110 valence electrons. The van der Waals surface area contributed by atoms with E-state index in [4.69, 9.17) is 5.73 Å². The maximum atomic E-state index is 13.7. The van der Waals surface area contributed by atoms with Gasteiger partial charge in [-0.2, -0.15) is 0 Å². The number of nitrogens with two attached hydrogens (primary N) is 1. The number of likely N-dealkylation sites (tertiary alicyclic amines) is 1. The molecule has 0 bridgehead atoms. The first-order valence-electron chi connectivity index (χ1n) is 6.70. The number of hydrogen-bond donors (Lipinski definition) is 1. The SMILES string of the molecule is NCCC1CCCCN1C(=O)c1ccc(F)c(F)c1F. The van der Waals surface area contributed by atoms with E-state index in [0.717, 1.165) is 31.4 Å². The zero-order chi connectivity index (χ0) is 14.7. The molecule has 1 aromatic rings. The Kier molecular flexibility index (Phi) is 4.65. The lowest BCUT2D eigenvalue weighted by Crippen LogP contribution is -2.45. The van der Waals surface area contributed by atoms with Crippen molar-refractivity contribution >= 4 is 5.91 Å². The van der Waals surface area contributed by atoms with E-state index in [0.29, 0.717) is 19.5 Å². The monoisotopic (exact) mass is 286 g/mol. The molecule has 1 amide bonds. The highest BCUT2D eigenvalue weighted by atomic mass is 19.2. The minimum Gasteiger partial charge on any atom is -0.336 e. The molecule has 0 spiro atoms. The Morgan fingerprint density at radius 2 is 2.00 bits per heavy atom. The van der Waals surface area contributed by atoms with E-state index in [9.17, 15) is 18.0 Å². The van der Waals surface area contributed by atoms with Crippen LogP contribution in [-0.4, -0.2) is 29.9 Å². The van der Waals surface area contributed by atoms with Gasteiger partial charge in [0.1, 0.15) is 0 Å². The summed E-state index contributed by atoms with van der Waals surface area (Å²) in [5.74, 6) is -4.92. The van der Waals surface area contributed by atoms with Gasteiger partial charge >= 0.3 is 0 Å². The Bertz CT molecular complexity index is 505. The summed E-state index contributed by atoms with van der Waals surface area (Å²) in [6.45, 7) is 0.913. The van der Waals surface area contributed by atoms with E-state index in [2.05, 4.69) is 0 Å². The third-order valence-corrected chi connectivity index (χ3v) is 3.65. The zero-order valence-electron chi connectivity index (χ0n) is 11.0. The van der Waals surface area contributed by atoms with E-state index < -0.39 is 28.9 Å². The summed E-state index contributed by atoms with van der Waals surface area (Å²) in [6.07, 6.45) is 3.22. The fraction of sp³-hybridized carbons (Fsp3) is 0.500. The molecular formula is C14H17F3N2O. The van der Waals surface area contributed by atoms with Crippen molar-refractivity contribution in [3.8, 4) is 0 Å². The molecule has 1 heterocycles. The molecule has 20 heavy (non-hydrogen) atoms. The quantitative estimate of drug-likeness (QED) is 0.868. The first-order chi connectivity index (χ1) is 9.56. The minimum absolute atomic E-state index is 0.0613. The molecule has 1 saturated heterocycles. The Morgan fingerprint density at radius 1 is 1.25 bits per heavy atom. The summed E-state index contributed by atoms with van der Waals surface area (Å²) in [4.78, 5) is 13.8. The van der Waals surface area contributed by atoms with Crippen molar-refractivity contribution < 1.29 is 18.0 Å². The molecule has 0 aromatic heterocycles. The number of nitrogens with zero attached hydrogens (tertiary/aromatic N) is 1. The molecule has 1 aliphatic rings. The van der Waals surface area contributed by atoms with Crippen molar-refractivity contribution in [2.45, 2.75) is 31.7 Å². The van der Waals surface area contributed by atoms with Crippen LogP contribution < -0.4 is 5.73 Å². The second kappa shape index (κ2) is 6.26. The van der Waals surface area contributed by atoms with Crippen LogP contribution in [0.2, 0.25) is 0 Å². The van der Waals surface area contributed by atoms with Gasteiger partial charge in [-0.25, -0.2) is 13.2 Å². The van der Waals surface area contributed by atoms with Gasteiger partial charge < -0.3 is 10.6 Å². The van der Waals surface area contributed by atoms with Gasteiger partial charge in [0.2, 0.25) is 0 Å². The lowest BCUT2D eigenvalue weighted by molar-refractivity contribution is 0.0599. The molecule has 2 rings (SSSR count). The summed E-state index contributed by atoms with van der Waals surface area (Å²) >= 11 is 0.